The van der Waals surface area contributed by atoms with Crippen LogP contribution in [0.4, 0.5) is 0 Å². The predicted molar refractivity (Wildman–Crippen MR) is 80.4 cm³/mol. The van der Waals surface area contributed by atoms with E-state index in [2.05, 4.69) is 32.8 Å². The fourth-order valence-corrected chi connectivity index (χ4v) is 2.39. The highest BCUT2D eigenvalue weighted by atomic mass is 15.5. The van der Waals surface area contributed by atoms with Gasteiger partial charge in [0.25, 0.3) is 0 Å². The standard InChI is InChI=1S/C16H11N5/c1-4-8-14-11(5-1)9-10-15(17-14)12-6-2-3-7-13(12)16-18-20-21-19-16/h1-10H,(H,18,19,20,21). The summed E-state index contributed by atoms with van der Waals surface area (Å²) in [6.45, 7) is 0. The van der Waals surface area contributed by atoms with Crippen LogP contribution in [0, 0.1) is 0 Å². The summed E-state index contributed by atoms with van der Waals surface area (Å²) < 4.78 is 0. The van der Waals surface area contributed by atoms with Crippen molar-refractivity contribution in [2.75, 3.05) is 0 Å². The number of nitrogens with one attached hydrogen (secondary N) is 1. The second kappa shape index (κ2) is 4.79. The molecule has 0 aliphatic heterocycles. The second-order valence-corrected chi connectivity index (χ2v) is 4.67. The van der Waals surface area contributed by atoms with Gasteiger partial charge < -0.3 is 0 Å². The van der Waals surface area contributed by atoms with Crippen molar-refractivity contribution in [2.24, 2.45) is 0 Å². The highest BCUT2D eigenvalue weighted by molar-refractivity contribution is 5.85. The molecule has 0 unspecified atom stereocenters. The average Bonchev–Trinajstić information content (AvgIpc) is 3.09. The van der Waals surface area contributed by atoms with Crippen LogP contribution in [-0.2, 0) is 0 Å². The monoisotopic (exact) mass is 273 g/mol. The lowest BCUT2D eigenvalue weighted by molar-refractivity contribution is 0.881. The van der Waals surface area contributed by atoms with Crippen molar-refractivity contribution >= 4 is 10.9 Å². The Morgan fingerprint density at radius 1 is 0.762 bits per heavy atom. The molecule has 0 fully saturated rings. The molecule has 100 valence electrons. The van der Waals surface area contributed by atoms with Gasteiger partial charge in [-0.15, -0.1) is 10.2 Å². The van der Waals surface area contributed by atoms with E-state index in [1.165, 1.54) is 0 Å². The molecule has 0 saturated heterocycles. The van der Waals surface area contributed by atoms with Gasteiger partial charge in [0.1, 0.15) is 0 Å². The first kappa shape index (κ1) is 11.7. The summed E-state index contributed by atoms with van der Waals surface area (Å²) in [4.78, 5) is 4.73. The van der Waals surface area contributed by atoms with E-state index in [1.54, 1.807) is 0 Å². The largest absolute Gasteiger partial charge is 0.248 e. The zero-order valence-electron chi connectivity index (χ0n) is 11.1. The first-order valence-electron chi connectivity index (χ1n) is 6.61. The molecule has 0 saturated carbocycles. The molecular weight excluding hydrogens is 262 g/mol. The van der Waals surface area contributed by atoms with E-state index in [9.17, 15) is 0 Å². The Morgan fingerprint density at radius 2 is 1.57 bits per heavy atom. The van der Waals surface area contributed by atoms with Crippen LogP contribution in [-0.4, -0.2) is 25.6 Å². The van der Waals surface area contributed by atoms with Crippen LogP contribution in [0.15, 0.2) is 60.7 Å². The molecular formula is C16H11N5. The van der Waals surface area contributed by atoms with Crippen LogP contribution in [0.1, 0.15) is 0 Å². The van der Waals surface area contributed by atoms with E-state index in [0.717, 1.165) is 27.7 Å². The normalized spacial score (nSPS) is 10.9. The topological polar surface area (TPSA) is 67.3 Å². The summed E-state index contributed by atoms with van der Waals surface area (Å²) in [5.74, 6) is 0.570. The van der Waals surface area contributed by atoms with Crippen molar-refractivity contribution in [1.82, 2.24) is 25.6 Å². The summed E-state index contributed by atoms with van der Waals surface area (Å²) in [5.41, 5.74) is 3.77. The number of nitrogens with zero attached hydrogens (tertiary/aromatic N) is 4. The highest BCUT2D eigenvalue weighted by Gasteiger charge is 2.11. The van der Waals surface area contributed by atoms with E-state index >= 15 is 0 Å². The molecule has 4 rings (SSSR count). The molecule has 0 spiro atoms. The quantitative estimate of drug-likeness (QED) is 0.609. The van der Waals surface area contributed by atoms with Gasteiger partial charge in [-0.2, -0.15) is 5.21 Å². The molecule has 2 aromatic carbocycles. The summed E-state index contributed by atoms with van der Waals surface area (Å²) in [7, 11) is 0. The van der Waals surface area contributed by atoms with Crippen molar-refractivity contribution in [1.29, 1.82) is 0 Å². The number of aromatic nitrogens is 5. The lowest BCUT2D eigenvalue weighted by Gasteiger charge is -2.07. The van der Waals surface area contributed by atoms with Crippen LogP contribution in [0.25, 0.3) is 33.5 Å². The van der Waals surface area contributed by atoms with E-state index in [1.807, 2.05) is 48.5 Å². The Balaban J connectivity index is 1.93. The first-order valence-corrected chi connectivity index (χ1v) is 6.61. The van der Waals surface area contributed by atoms with Crippen LogP contribution in [0.2, 0.25) is 0 Å². The van der Waals surface area contributed by atoms with Crippen LogP contribution in [0.5, 0.6) is 0 Å². The molecule has 0 bridgehead atoms. The van der Waals surface area contributed by atoms with E-state index in [0.29, 0.717) is 5.82 Å². The summed E-state index contributed by atoms with van der Waals surface area (Å²) in [6, 6.07) is 20.1. The van der Waals surface area contributed by atoms with Gasteiger partial charge in [0, 0.05) is 16.5 Å². The lowest BCUT2D eigenvalue weighted by Crippen LogP contribution is -1.90. The minimum Gasteiger partial charge on any atom is -0.248 e. The zero-order chi connectivity index (χ0) is 14.1. The summed E-state index contributed by atoms with van der Waals surface area (Å²) in [5, 5.41) is 15.4. The third-order valence-corrected chi connectivity index (χ3v) is 3.39. The van der Waals surface area contributed by atoms with E-state index < -0.39 is 0 Å². The van der Waals surface area contributed by atoms with Gasteiger partial charge in [0.05, 0.1) is 11.2 Å². The predicted octanol–water partition coefficient (Wildman–Crippen LogP) is 3.08. The van der Waals surface area contributed by atoms with Gasteiger partial charge in [-0.05, 0) is 17.3 Å². The third-order valence-electron chi connectivity index (χ3n) is 3.39. The Labute approximate surface area is 120 Å². The molecule has 5 heteroatoms. The van der Waals surface area contributed by atoms with Gasteiger partial charge in [-0.1, -0.05) is 48.5 Å². The minimum atomic E-state index is 0.570. The van der Waals surface area contributed by atoms with Crippen molar-refractivity contribution in [2.45, 2.75) is 0 Å². The first-order chi connectivity index (χ1) is 10.4. The molecule has 0 amide bonds. The second-order valence-electron chi connectivity index (χ2n) is 4.67. The summed E-state index contributed by atoms with van der Waals surface area (Å²) >= 11 is 0. The molecule has 21 heavy (non-hydrogen) atoms. The SMILES string of the molecule is c1ccc(-c2nn[nH]n2)c(-c2ccc3ccccc3n2)c1. The number of tetrazole rings is 1. The molecule has 5 nitrogen and oxygen atoms in total. The van der Waals surface area contributed by atoms with Crippen molar-refractivity contribution in [3.8, 4) is 22.6 Å². The molecule has 1 N–H and O–H groups in total. The number of para-hydroxylation sites is 1. The van der Waals surface area contributed by atoms with E-state index in [4.69, 9.17) is 4.98 Å². The number of hydrogen-bond acceptors (Lipinski definition) is 4. The number of fused-ring (bicyclic) bond motifs is 1. The average molecular weight is 273 g/mol. The molecule has 2 aromatic heterocycles. The molecule has 0 aliphatic carbocycles. The number of rotatable bonds is 2. The maximum atomic E-state index is 4.73. The molecule has 0 atom stereocenters. The Morgan fingerprint density at radius 3 is 2.43 bits per heavy atom. The van der Waals surface area contributed by atoms with Crippen LogP contribution in [0.3, 0.4) is 0 Å². The third kappa shape index (κ3) is 2.04. The molecule has 0 aliphatic rings. The number of pyridine rings is 1. The number of aromatic amines is 1. The van der Waals surface area contributed by atoms with Crippen molar-refractivity contribution in [3.05, 3.63) is 60.7 Å². The fourth-order valence-electron chi connectivity index (χ4n) is 2.39. The lowest BCUT2D eigenvalue weighted by atomic mass is 10.0. The Hall–Kier alpha value is -3.08. The van der Waals surface area contributed by atoms with Crippen molar-refractivity contribution < 1.29 is 0 Å². The zero-order valence-corrected chi connectivity index (χ0v) is 11.1. The minimum absolute atomic E-state index is 0.570. The van der Waals surface area contributed by atoms with Crippen molar-refractivity contribution in [3.63, 3.8) is 0 Å². The smallest absolute Gasteiger partial charge is 0.205 e. The van der Waals surface area contributed by atoms with Crippen LogP contribution < -0.4 is 0 Å². The van der Waals surface area contributed by atoms with E-state index in [-0.39, 0.29) is 0 Å². The van der Waals surface area contributed by atoms with Crippen LogP contribution >= 0.6 is 0 Å². The molecule has 2 heterocycles. The maximum Gasteiger partial charge on any atom is 0.205 e. The Kier molecular flexibility index (Phi) is 2.67. The maximum absolute atomic E-state index is 4.73. The molecule has 0 radical (unpaired) electrons. The Bertz CT molecular complexity index is 899. The summed E-state index contributed by atoms with van der Waals surface area (Å²) in [6.07, 6.45) is 0. The highest BCUT2D eigenvalue weighted by Crippen LogP contribution is 2.29. The molecule has 4 aromatic rings. The van der Waals surface area contributed by atoms with Gasteiger partial charge in [0.15, 0.2) is 0 Å². The van der Waals surface area contributed by atoms with Gasteiger partial charge in [-0.25, -0.2) is 4.98 Å². The van der Waals surface area contributed by atoms with Gasteiger partial charge >= 0.3 is 0 Å². The van der Waals surface area contributed by atoms with Gasteiger partial charge in [-0.3, -0.25) is 0 Å². The number of hydrogen-bond donors (Lipinski definition) is 1. The van der Waals surface area contributed by atoms with Gasteiger partial charge in [0.2, 0.25) is 5.82 Å². The number of H-pyrrole nitrogens is 1. The number of benzene rings is 2. The fraction of sp³-hybridized carbons (Fsp3) is 0.